The molecule has 1 aliphatic heterocycles. The number of amides is 3. The monoisotopic (exact) mass is 381 g/mol. The Morgan fingerprint density at radius 2 is 1.93 bits per heavy atom. The Morgan fingerprint density at radius 3 is 2.50 bits per heavy atom. The molecule has 3 rings (SSSR count). The molecule has 144 valence electrons. The molecule has 1 atom stereocenters. The maximum Gasteiger partial charge on any atom is 0.337 e. The molecule has 0 saturated carbocycles. The highest BCUT2D eigenvalue weighted by molar-refractivity contribution is 6.23. The number of nitrogens with zero attached hydrogens (tertiary/aromatic N) is 3. The van der Waals surface area contributed by atoms with Crippen LogP contribution in [0.15, 0.2) is 48.8 Å². The number of esters is 1. The van der Waals surface area contributed by atoms with Crippen LogP contribution in [-0.4, -0.2) is 46.7 Å². The first kappa shape index (κ1) is 19.2. The Bertz CT molecular complexity index is 911. The summed E-state index contributed by atoms with van der Waals surface area (Å²) >= 11 is 0. The molecule has 0 spiro atoms. The molecule has 0 N–H and O–H groups in total. The number of hydrogen-bond donors (Lipinski definition) is 0. The molecule has 1 aliphatic rings. The molecule has 28 heavy (non-hydrogen) atoms. The summed E-state index contributed by atoms with van der Waals surface area (Å²) in [5, 5.41) is 0. The zero-order chi connectivity index (χ0) is 20.3. The van der Waals surface area contributed by atoms with Gasteiger partial charge in [-0.15, -0.1) is 0 Å². The van der Waals surface area contributed by atoms with Crippen molar-refractivity contribution in [1.82, 2.24) is 9.88 Å². The van der Waals surface area contributed by atoms with Crippen LogP contribution in [0.2, 0.25) is 0 Å². The van der Waals surface area contributed by atoms with Gasteiger partial charge in [0.25, 0.3) is 5.91 Å². The number of rotatable bonds is 5. The van der Waals surface area contributed by atoms with E-state index in [1.807, 2.05) is 0 Å². The van der Waals surface area contributed by atoms with Crippen LogP contribution in [0.3, 0.4) is 0 Å². The van der Waals surface area contributed by atoms with Gasteiger partial charge in [-0.2, -0.15) is 0 Å². The van der Waals surface area contributed by atoms with Gasteiger partial charge < -0.3 is 9.64 Å². The van der Waals surface area contributed by atoms with E-state index in [0.29, 0.717) is 11.3 Å². The van der Waals surface area contributed by atoms with Gasteiger partial charge in [-0.25, -0.2) is 9.69 Å². The molecule has 0 radical (unpaired) electrons. The fourth-order valence-electron chi connectivity index (χ4n) is 3.12. The summed E-state index contributed by atoms with van der Waals surface area (Å²) in [7, 11) is 1.27. The van der Waals surface area contributed by atoms with Gasteiger partial charge in [-0.3, -0.25) is 19.4 Å². The second-order valence-electron chi connectivity index (χ2n) is 6.33. The number of ether oxygens (including phenoxy) is 1. The second-order valence-corrected chi connectivity index (χ2v) is 6.33. The first-order valence-electron chi connectivity index (χ1n) is 8.63. The van der Waals surface area contributed by atoms with Crippen molar-refractivity contribution in [1.29, 1.82) is 0 Å². The average Bonchev–Trinajstić information content (AvgIpc) is 3.00. The van der Waals surface area contributed by atoms with E-state index in [4.69, 9.17) is 0 Å². The van der Waals surface area contributed by atoms with E-state index >= 15 is 0 Å². The molecular weight excluding hydrogens is 362 g/mol. The van der Waals surface area contributed by atoms with Crippen molar-refractivity contribution in [2.75, 3.05) is 12.0 Å². The van der Waals surface area contributed by atoms with Crippen molar-refractivity contribution in [3.05, 3.63) is 59.9 Å². The van der Waals surface area contributed by atoms with Gasteiger partial charge in [-0.05, 0) is 35.9 Å². The third kappa shape index (κ3) is 3.75. The number of aromatic nitrogens is 1. The van der Waals surface area contributed by atoms with Crippen molar-refractivity contribution in [2.24, 2.45) is 0 Å². The molecule has 1 unspecified atom stereocenters. The summed E-state index contributed by atoms with van der Waals surface area (Å²) in [4.78, 5) is 55.6. The molecule has 0 aliphatic carbocycles. The number of carbonyl (C=O) groups is 4. The van der Waals surface area contributed by atoms with Crippen LogP contribution in [-0.2, 0) is 25.7 Å². The second kappa shape index (κ2) is 7.99. The minimum absolute atomic E-state index is 0.0998. The molecular formula is C20H19N3O5. The molecule has 2 aromatic rings. The summed E-state index contributed by atoms with van der Waals surface area (Å²) in [6.45, 7) is 1.55. The van der Waals surface area contributed by atoms with Gasteiger partial charge >= 0.3 is 5.97 Å². The van der Waals surface area contributed by atoms with Crippen LogP contribution in [0.25, 0.3) is 0 Å². The van der Waals surface area contributed by atoms with E-state index in [2.05, 4.69) is 9.72 Å². The SMILES string of the molecule is COC(=O)c1ccc(N2C(=O)CC(N(Cc3cccnc3)C(C)=O)C2=O)cc1. The first-order chi connectivity index (χ1) is 13.4. The summed E-state index contributed by atoms with van der Waals surface area (Å²) in [6, 6.07) is 8.62. The van der Waals surface area contributed by atoms with Crippen molar-refractivity contribution in [3.8, 4) is 0 Å². The zero-order valence-corrected chi connectivity index (χ0v) is 15.5. The predicted octanol–water partition coefficient (Wildman–Crippen LogP) is 1.55. The van der Waals surface area contributed by atoms with Crippen LogP contribution in [0.4, 0.5) is 5.69 Å². The van der Waals surface area contributed by atoms with E-state index in [1.54, 1.807) is 24.5 Å². The Kier molecular flexibility index (Phi) is 5.49. The maximum absolute atomic E-state index is 12.9. The topological polar surface area (TPSA) is 96.9 Å². The van der Waals surface area contributed by atoms with Crippen LogP contribution < -0.4 is 4.90 Å². The van der Waals surface area contributed by atoms with Crippen molar-refractivity contribution in [3.63, 3.8) is 0 Å². The molecule has 1 fully saturated rings. The molecule has 3 amide bonds. The average molecular weight is 381 g/mol. The summed E-state index contributed by atoms with van der Waals surface area (Å²) in [5.74, 6) is -1.70. The standard InChI is InChI=1S/C20H19N3O5/c1-13(24)22(12-14-4-3-9-21-11-14)17-10-18(25)23(19(17)26)16-7-5-15(6-8-16)20(27)28-2/h3-9,11,17H,10,12H2,1-2H3. The highest BCUT2D eigenvalue weighted by Crippen LogP contribution is 2.27. The lowest BCUT2D eigenvalue weighted by atomic mass is 10.1. The predicted molar refractivity (Wildman–Crippen MR) is 99.1 cm³/mol. The Balaban J connectivity index is 1.83. The third-order valence-electron chi connectivity index (χ3n) is 4.53. The minimum atomic E-state index is -0.884. The lowest BCUT2D eigenvalue weighted by Crippen LogP contribution is -2.44. The van der Waals surface area contributed by atoms with E-state index in [1.165, 1.54) is 43.2 Å². The number of anilines is 1. The van der Waals surface area contributed by atoms with Crippen LogP contribution in [0.5, 0.6) is 0 Å². The maximum atomic E-state index is 12.9. The van der Waals surface area contributed by atoms with Crippen LogP contribution >= 0.6 is 0 Å². The first-order valence-corrected chi connectivity index (χ1v) is 8.63. The number of benzene rings is 1. The number of hydrogen-bond acceptors (Lipinski definition) is 6. The molecule has 1 aromatic heterocycles. The molecule has 0 bridgehead atoms. The van der Waals surface area contributed by atoms with Crippen molar-refractivity contribution in [2.45, 2.75) is 25.9 Å². The quantitative estimate of drug-likeness (QED) is 0.576. The highest BCUT2D eigenvalue weighted by Gasteiger charge is 2.43. The Morgan fingerprint density at radius 1 is 1.21 bits per heavy atom. The number of carbonyl (C=O) groups excluding carboxylic acids is 4. The van der Waals surface area contributed by atoms with Crippen molar-refractivity contribution < 1.29 is 23.9 Å². The lowest BCUT2D eigenvalue weighted by Gasteiger charge is -2.26. The van der Waals surface area contributed by atoms with E-state index < -0.39 is 23.8 Å². The smallest absolute Gasteiger partial charge is 0.337 e. The summed E-state index contributed by atoms with van der Waals surface area (Å²) in [6.07, 6.45) is 3.13. The van der Waals surface area contributed by atoms with Gasteiger partial charge in [0.1, 0.15) is 6.04 Å². The Hall–Kier alpha value is -3.55. The van der Waals surface area contributed by atoms with Gasteiger partial charge in [0.15, 0.2) is 0 Å². The van der Waals surface area contributed by atoms with Gasteiger partial charge in [-0.1, -0.05) is 6.07 Å². The number of pyridine rings is 1. The molecule has 8 heteroatoms. The number of methoxy groups -OCH3 is 1. The summed E-state index contributed by atoms with van der Waals surface area (Å²) in [5.41, 5.74) is 1.41. The van der Waals surface area contributed by atoms with E-state index in [-0.39, 0.29) is 18.9 Å². The normalized spacial score (nSPS) is 16.2. The van der Waals surface area contributed by atoms with Gasteiger partial charge in [0.05, 0.1) is 24.8 Å². The molecule has 1 saturated heterocycles. The minimum Gasteiger partial charge on any atom is -0.465 e. The van der Waals surface area contributed by atoms with Crippen LogP contribution in [0, 0.1) is 0 Å². The van der Waals surface area contributed by atoms with E-state index in [0.717, 1.165) is 10.5 Å². The lowest BCUT2D eigenvalue weighted by molar-refractivity contribution is -0.137. The van der Waals surface area contributed by atoms with Crippen molar-refractivity contribution >= 4 is 29.4 Å². The fourth-order valence-corrected chi connectivity index (χ4v) is 3.12. The summed E-state index contributed by atoms with van der Waals surface area (Å²) < 4.78 is 4.64. The Labute approximate surface area is 161 Å². The molecule has 1 aromatic carbocycles. The molecule has 2 heterocycles. The zero-order valence-electron chi connectivity index (χ0n) is 15.5. The third-order valence-corrected chi connectivity index (χ3v) is 4.53. The molecule has 8 nitrogen and oxygen atoms in total. The van der Waals surface area contributed by atoms with Gasteiger partial charge in [0, 0.05) is 25.9 Å². The largest absolute Gasteiger partial charge is 0.465 e. The van der Waals surface area contributed by atoms with Gasteiger partial charge in [0.2, 0.25) is 11.8 Å². The van der Waals surface area contributed by atoms with E-state index in [9.17, 15) is 19.2 Å². The fraction of sp³-hybridized carbons (Fsp3) is 0.250. The number of imide groups is 1. The highest BCUT2D eigenvalue weighted by atomic mass is 16.5. The van der Waals surface area contributed by atoms with Crippen LogP contribution in [0.1, 0.15) is 29.3 Å².